The van der Waals surface area contributed by atoms with Gasteiger partial charge in [-0.1, -0.05) is 0 Å². The fourth-order valence-electron chi connectivity index (χ4n) is 2.74. The van der Waals surface area contributed by atoms with Crippen molar-refractivity contribution >= 4 is 5.82 Å². The highest BCUT2D eigenvalue weighted by atomic mass is 16.5. The summed E-state index contributed by atoms with van der Waals surface area (Å²) in [4.78, 5) is 17.2. The van der Waals surface area contributed by atoms with Crippen molar-refractivity contribution in [2.45, 2.75) is 12.6 Å². The molecule has 3 rings (SSSR count). The third-order valence-corrected chi connectivity index (χ3v) is 3.66. The number of methoxy groups -OCH3 is 1. The van der Waals surface area contributed by atoms with E-state index in [1.165, 1.54) is 5.69 Å². The summed E-state index contributed by atoms with van der Waals surface area (Å²) in [7, 11) is 5.79. The monoisotopic (exact) mass is 288 g/mol. The van der Waals surface area contributed by atoms with Gasteiger partial charge in [-0.15, -0.1) is 0 Å². The lowest BCUT2D eigenvalue weighted by Gasteiger charge is -2.36. The van der Waals surface area contributed by atoms with Gasteiger partial charge in [-0.25, -0.2) is 15.0 Å². The van der Waals surface area contributed by atoms with Crippen LogP contribution >= 0.6 is 0 Å². The molecule has 3 heterocycles. The fraction of sp³-hybridized carbons (Fsp3) is 0.500. The van der Waals surface area contributed by atoms with Crippen molar-refractivity contribution in [3.8, 4) is 5.88 Å². The van der Waals surface area contributed by atoms with Crippen LogP contribution < -0.4 is 9.64 Å². The number of nitrogens with zero attached hydrogens (tertiary/aromatic N) is 6. The number of fused-ring (bicyclic) bond motifs is 1. The van der Waals surface area contributed by atoms with Crippen LogP contribution in [0.4, 0.5) is 5.82 Å². The summed E-state index contributed by atoms with van der Waals surface area (Å²) in [5.41, 5.74) is 1.20. The lowest BCUT2D eigenvalue weighted by Crippen LogP contribution is -2.41. The zero-order valence-corrected chi connectivity index (χ0v) is 12.6. The molecule has 7 nitrogen and oxygen atoms in total. The molecule has 1 atom stereocenters. The molecule has 112 valence electrons. The summed E-state index contributed by atoms with van der Waals surface area (Å²) in [6, 6.07) is 2.23. The van der Waals surface area contributed by atoms with Crippen molar-refractivity contribution in [1.82, 2.24) is 24.4 Å². The zero-order valence-electron chi connectivity index (χ0n) is 12.6. The Bertz CT molecular complexity index is 611. The van der Waals surface area contributed by atoms with Gasteiger partial charge in [0.2, 0.25) is 5.88 Å². The van der Waals surface area contributed by atoms with E-state index in [0.29, 0.717) is 11.9 Å². The third kappa shape index (κ3) is 2.82. The molecule has 7 heteroatoms. The SMILES string of the molecule is COc1cc(N2Cc3cncn3C(CN(C)C)C2)ncn1. The molecule has 0 fully saturated rings. The van der Waals surface area contributed by atoms with Gasteiger partial charge in [-0.2, -0.15) is 0 Å². The van der Waals surface area contributed by atoms with Crippen molar-refractivity contribution in [3.63, 3.8) is 0 Å². The molecule has 1 unspecified atom stereocenters. The predicted octanol–water partition coefficient (Wildman–Crippen LogP) is 0.805. The first-order chi connectivity index (χ1) is 10.2. The summed E-state index contributed by atoms with van der Waals surface area (Å²) in [6.45, 7) is 2.65. The van der Waals surface area contributed by atoms with Gasteiger partial charge in [0.1, 0.15) is 12.1 Å². The Balaban J connectivity index is 1.88. The molecule has 0 saturated carbocycles. The molecule has 1 aliphatic rings. The molecule has 0 spiro atoms. The van der Waals surface area contributed by atoms with E-state index < -0.39 is 0 Å². The average Bonchev–Trinajstić information content (AvgIpc) is 2.95. The molecular formula is C14H20N6O. The Morgan fingerprint density at radius 1 is 1.38 bits per heavy atom. The van der Waals surface area contributed by atoms with E-state index in [1.807, 2.05) is 18.6 Å². The van der Waals surface area contributed by atoms with Crippen molar-refractivity contribution in [3.05, 3.63) is 30.6 Å². The summed E-state index contributed by atoms with van der Waals surface area (Å²) in [5.74, 6) is 1.47. The van der Waals surface area contributed by atoms with Crippen LogP contribution in [0.1, 0.15) is 11.7 Å². The standard InChI is InChI=1S/C14H20N6O/c1-18(2)6-12-8-19(7-11-5-15-10-20(11)12)13-4-14(21-3)17-9-16-13/h4-5,9-10,12H,6-8H2,1-3H3. The Morgan fingerprint density at radius 2 is 2.24 bits per heavy atom. The van der Waals surface area contributed by atoms with E-state index in [9.17, 15) is 0 Å². The summed E-state index contributed by atoms with van der Waals surface area (Å²) in [5, 5.41) is 0. The largest absolute Gasteiger partial charge is 0.481 e. The van der Waals surface area contributed by atoms with Gasteiger partial charge in [0.15, 0.2) is 0 Å². The van der Waals surface area contributed by atoms with Crippen LogP contribution in [0.5, 0.6) is 5.88 Å². The maximum Gasteiger partial charge on any atom is 0.218 e. The Kier molecular flexibility index (Phi) is 3.74. The van der Waals surface area contributed by atoms with Gasteiger partial charge in [-0.3, -0.25) is 0 Å². The predicted molar refractivity (Wildman–Crippen MR) is 79.5 cm³/mol. The Labute approximate surface area is 124 Å². The molecular weight excluding hydrogens is 268 g/mol. The highest BCUT2D eigenvalue weighted by molar-refractivity contribution is 5.42. The molecule has 0 radical (unpaired) electrons. The number of ether oxygens (including phenoxy) is 1. The number of aromatic nitrogens is 4. The van der Waals surface area contributed by atoms with Crippen LogP contribution in [0, 0.1) is 0 Å². The van der Waals surface area contributed by atoms with Crippen molar-refractivity contribution in [1.29, 1.82) is 0 Å². The average molecular weight is 288 g/mol. The van der Waals surface area contributed by atoms with Crippen LogP contribution in [-0.4, -0.2) is 58.7 Å². The summed E-state index contributed by atoms with van der Waals surface area (Å²) < 4.78 is 7.45. The number of likely N-dealkylation sites (N-methyl/N-ethyl adjacent to an activating group) is 1. The van der Waals surface area contributed by atoms with Gasteiger partial charge in [-0.05, 0) is 14.1 Å². The zero-order chi connectivity index (χ0) is 14.8. The minimum Gasteiger partial charge on any atom is -0.481 e. The minimum atomic E-state index is 0.354. The van der Waals surface area contributed by atoms with E-state index >= 15 is 0 Å². The van der Waals surface area contributed by atoms with E-state index in [1.54, 1.807) is 13.4 Å². The lowest BCUT2D eigenvalue weighted by molar-refractivity contribution is 0.304. The first-order valence-corrected chi connectivity index (χ1v) is 6.94. The number of imidazole rings is 1. The molecule has 0 saturated heterocycles. The number of hydrogen-bond acceptors (Lipinski definition) is 6. The van der Waals surface area contributed by atoms with Crippen molar-refractivity contribution < 1.29 is 4.74 Å². The highest BCUT2D eigenvalue weighted by Gasteiger charge is 2.26. The van der Waals surface area contributed by atoms with Crippen LogP contribution in [0.2, 0.25) is 0 Å². The van der Waals surface area contributed by atoms with E-state index in [4.69, 9.17) is 4.74 Å². The van der Waals surface area contributed by atoms with E-state index in [0.717, 1.165) is 25.5 Å². The molecule has 21 heavy (non-hydrogen) atoms. The summed E-state index contributed by atoms with van der Waals surface area (Å²) in [6.07, 6.45) is 5.38. The van der Waals surface area contributed by atoms with Gasteiger partial charge in [0.25, 0.3) is 0 Å². The smallest absolute Gasteiger partial charge is 0.218 e. The van der Waals surface area contributed by atoms with Crippen LogP contribution in [0.25, 0.3) is 0 Å². The third-order valence-electron chi connectivity index (χ3n) is 3.66. The molecule has 0 amide bonds. The Morgan fingerprint density at radius 3 is 3.00 bits per heavy atom. The quantitative estimate of drug-likeness (QED) is 0.829. The fourth-order valence-corrected chi connectivity index (χ4v) is 2.74. The van der Waals surface area contributed by atoms with Crippen molar-refractivity contribution in [2.75, 3.05) is 39.2 Å². The molecule has 2 aromatic heterocycles. The van der Waals surface area contributed by atoms with Crippen LogP contribution in [0.15, 0.2) is 24.9 Å². The second kappa shape index (κ2) is 5.69. The highest BCUT2D eigenvalue weighted by Crippen LogP contribution is 2.26. The number of anilines is 1. The second-order valence-electron chi connectivity index (χ2n) is 5.51. The van der Waals surface area contributed by atoms with Crippen LogP contribution in [-0.2, 0) is 6.54 Å². The number of hydrogen-bond donors (Lipinski definition) is 0. The lowest BCUT2D eigenvalue weighted by atomic mass is 10.1. The van der Waals surface area contributed by atoms with E-state index in [2.05, 4.69) is 43.4 Å². The van der Waals surface area contributed by atoms with Gasteiger partial charge < -0.3 is 19.1 Å². The first-order valence-electron chi connectivity index (χ1n) is 6.94. The van der Waals surface area contributed by atoms with Gasteiger partial charge in [0.05, 0.1) is 31.7 Å². The maximum absolute atomic E-state index is 5.19. The van der Waals surface area contributed by atoms with E-state index in [-0.39, 0.29) is 0 Å². The first kappa shape index (κ1) is 13.8. The van der Waals surface area contributed by atoms with Crippen molar-refractivity contribution in [2.24, 2.45) is 0 Å². The molecule has 0 aromatic carbocycles. The molecule has 2 aromatic rings. The molecule has 0 aliphatic carbocycles. The van der Waals surface area contributed by atoms with Crippen LogP contribution in [0.3, 0.4) is 0 Å². The molecule has 0 bridgehead atoms. The number of rotatable bonds is 4. The topological polar surface area (TPSA) is 59.3 Å². The van der Waals surface area contributed by atoms with Gasteiger partial charge >= 0.3 is 0 Å². The molecule has 1 aliphatic heterocycles. The minimum absolute atomic E-state index is 0.354. The molecule has 0 N–H and O–H groups in total. The maximum atomic E-state index is 5.19. The normalized spacial score (nSPS) is 17.9. The Hall–Kier alpha value is -2.15. The summed E-state index contributed by atoms with van der Waals surface area (Å²) >= 11 is 0. The van der Waals surface area contributed by atoms with Gasteiger partial charge in [0, 0.05) is 25.4 Å². The second-order valence-corrected chi connectivity index (χ2v) is 5.51.